The van der Waals surface area contributed by atoms with E-state index in [1.807, 2.05) is 0 Å². The van der Waals surface area contributed by atoms with E-state index >= 15 is 0 Å². The molecular formula is C43H82ClNO4. The van der Waals surface area contributed by atoms with E-state index in [9.17, 15) is 0 Å². The zero-order valence-electron chi connectivity index (χ0n) is 32.9. The van der Waals surface area contributed by atoms with E-state index in [0.717, 1.165) is 0 Å². The van der Waals surface area contributed by atoms with Gasteiger partial charge in [-0.25, -0.2) is 18.6 Å². The van der Waals surface area contributed by atoms with Gasteiger partial charge in [0.15, 0.2) is 0 Å². The Hall–Kier alpha value is -0.690. The first kappa shape index (κ1) is 48.3. The summed E-state index contributed by atoms with van der Waals surface area (Å²) >= 11 is 0. The third-order valence-corrected chi connectivity index (χ3v) is 10.3. The predicted molar refractivity (Wildman–Crippen MR) is 201 cm³/mol. The second-order valence-corrected chi connectivity index (χ2v) is 15.8. The van der Waals surface area contributed by atoms with Gasteiger partial charge >= 0.3 is 0 Å². The summed E-state index contributed by atoms with van der Waals surface area (Å²) in [6, 6.07) is 11.5. The summed E-state index contributed by atoms with van der Waals surface area (Å²) in [5.74, 6) is 0. The zero-order chi connectivity index (χ0) is 36.2. The van der Waals surface area contributed by atoms with Crippen LogP contribution in [0.15, 0.2) is 30.3 Å². The molecule has 290 valence electrons. The lowest BCUT2D eigenvalue weighted by Gasteiger charge is -2.39. The van der Waals surface area contributed by atoms with E-state index in [1.165, 1.54) is 223 Å². The van der Waals surface area contributed by atoms with Gasteiger partial charge in [-0.05, 0) is 38.5 Å². The molecule has 1 aromatic carbocycles. The van der Waals surface area contributed by atoms with Crippen LogP contribution in [0.3, 0.4) is 0 Å². The average Bonchev–Trinajstić information content (AvgIpc) is 3.07. The maximum Gasteiger partial charge on any atom is 0.104 e. The molecule has 0 amide bonds. The molecule has 0 N–H and O–H groups in total. The van der Waals surface area contributed by atoms with Crippen molar-refractivity contribution in [2.75, 3.05) is 19.6 Å². The first-order valence-corrected chi connectivity index (χ1v) is 22.5. The lowest BCUT2D eigenvalue weighted by molar-refractivity contribution is -2.00. The number of benzene rings is 1. The first-order valence-electron chi connectivity index (χ1n) is 21.3. The van der Waals surface area contributed by atoms with Crippen molar-refractivity contribution in [3.8, 4) is 0 Å². The van der Waals surface area contributed by atoms with E-state index in [4.69, 9.17) is 18.6 Å². The standard InChI is InChI=1S/C43H82N.ClHO4/c1-4-7-10-13-16-19-22-25-28-34-39-44(42-43-37-32-31-33-38-43,40-35-29-26-23-20-17-14-11-8-5-2)41-36-30-27-24-21-18-15-12-9-6-3;2-1(3,4)5/h31-33,37-38H,4-30,34-36,39-42H2,1-3H3;(H,2,3,4,5)/q+1;/p-1. The van der Waals surface area contributed by atoms with E-state index in [0.29, 0.717) is 0 Å². The van der Waals surface area contributed by atoms with Gasteiger partial charge in [0.25, 0.3) is 0 Å². The Morgan fingerprint density at radius 1 is 0.367 bits per heavy atom. The van der Waals surface area contributed by atoms with Crippen LogP contribution in [0.5, 0.6) is 0 Å². The molecule has 5 nitrogen and oxygen atoms in total. The van der Waals surface area contributed by atoms with Crippen LogP contribution >= 0.6 is 0 Å². The number of unbranched alkanes of at least 4 members (excludes halogenated alkanes) is 27. The van der Waals surface area contributed by atoms with Crippen molar-refractivity contribution in [2.24, 2.45) is 0 Å². The van der Waals surface area contributed by atoms with Crippen LogP contribution < -0.4 is 18.6 Å². The van der Waals surface area contributed by atoms with Crippen LogP contribution in [0.4, 0.5) is 0 Å². The highest BCUT2D eigenvalue weighted by atomic mass is 35.7. The fourth-order valence-electron chi connectivity index (χ4n) is 7.35. The Bertz CT molecular complexity index is 707. The van der Waals surface area contributed by atoms with Crippen molar-refractivity contribution < 1.29 is 33.4 Å². The molecule has 0 fully saturated rings. The minimum Gasteiger partial charge on any atom is -0.320 e. The molecule has 1 aromatic rings. The van der Waals surface area contributed by atoms with Crippen molar-refractivity contribution >= 4 is 0 Å². The van der Waals surface area contributed by atoms with Crippen LogP contribution in [0.1, 0.15) is 219 Å². The van der Waals surface area contributed by atoms with Gasteiger partial charge in [-0.1, -0.05) is 205 Å². The maximum atomic E-state index is 8.49. The Morgan fingerprint density at radius 3 is 0.837 bits per heavy atom. The van der Waals surface area contributed by atoms with Crippen molar-refractivity contribution in [1.82, 2.24) is 0 Å². The van der Waals surface area contributed by atoms with Gasteiger partial charge in [0.05, 0.1) is 19.6 Å². The molecule has 0 heterocycles. The fraction of sp³-hybridized carbons (Fsp3) is 0.860. The van der Waals surface area contributed by atoms with Gasteiger partial charge in [0.1, 0.15) is 6.54 Å². The predicted octanol–water partition coefficient (Wildman–Crippen LogP) is 10.0. The number of nitrogens with zero attached hydrogens (tertiary/aromatic N) is 1. The SMILES string of the molecule is CCCCCCCCCCCC[N+](CCCCCCCCCCCC)(CCCCCCCCCCCC)Cc1ccccc1.[O-][Cl+3]([O-])([O-])[O-]. The molecule has 0 aromatic heterocycles. The summed E-state index contributed by atoms with van der Waals surface area (Å²) < 4.78 is 35.3. The van der Waals surface area contributed by atoms with E-state index in [2.05, 4.69) is 51.1 Å². The molecule has 49 heavy (non-hydrogen) atoms. The van der Waals surface area contributed by atoms with Crippen molar-refractivity contribution in [2.45, 2.75) is 220 Å². The van der Waals surface area contributed by atoms with Crippen LogP contribution in [0.2, 0.25) is 0 Å². The largest absolute Gasteiger partial charge is 0.320 e. The quantitative estimate of drug-likeness (QED) is 0.0518. The Balaban J connectivity index is 0.00000427. The molecule has 0 aliphatic heterocycles. The lowest BCUT2D eigenvalue weighted by atomic mass is 10.0. The normalized spacial score (nSPS) is 11.9. The molecule has 0 saturated heterocycles. The summed E-state index contributed by atoms with van der Waals surface area (Å²) in [4.78, 5) is 0. The number of hydrogen-bond acceptors (Lipinski definition) is 4. The summed E-state index contributed by atoms with van der Waals surface area (Å²) in [5.41, 5.74) is 1.57. The first-order chi connectivity index (χ1) is 23.8. The van der Waals surface area contributed by atoms with Gasteiger partial charge < -0.3 is 4.48 Å². The summed E-state index contributed by atoms with van der Waals surface area (Å²) in [7, 11) is -4.94. The number of rotatable bonds is 35. The molecule has 0 radical (unpaired) electrons. The van der Waals surface area contributed by atoms with Gasteiger partial charge in [-0.3, -0.25) is 0 Å². The molecule has 1 rings (SSSR count). The zero-order valence-corrected chi connectivity index (χ0v) is 33.6. The molecular weight excluding hydrogens is 630 g/mol. The van der Waals surface area contributed by atoms with Gasteiger partial charge in [-0.15, -0.1) is 10.2 Å². The lowest BCUT2D eigenvalue weighted by Crippen LogP contribution is -2.68. The third-order valence-electron chi connectivity index (χ3n) is 10.3. The molecule has 0 aliphatic rings. The Morgan fingerprint density at radius 2 is 0.592 bits per heavy atom. The van der Waals surface area contributed by atoms with Gasteiger partial charge in [-0.2, -0.15) is 0 Å². The monoisotopic (exact) mass is 712 g/mol. The minimum atomic E-state index is -4.94. The molecule has 0 atom stereocenters. The van der Waals surface area contributed by atoms with Crippen LogP contribution in [0.25, 0.3) is 0 Å². The third kappa shape index (κ3) is 36.9. The van der Waals surface area contributed by atoms with Crippen LogP contribution in [-0.4, -0.2) is 24.1 Å². The molecule has 0 saturated carbocycles. The number of hydrogen-bond donors (Lipinski definition) is 0. The molecule has 6 heteroatoms. The average molecular weight is 713 g/mol. The summed E-state index contributed by atoms with van der Waals surface area (Å²) in [6.07, 6.45) is 43.3. The molecule has 0 unspecified atom stereocenters. The molecule has 0 aliphatic carbocycles. The second kappa shape index (κ2) is 35.7. The highest BCUT2D eigenvalue weighted by molar-refractivity contribution is 5.13. The van der Waals surface area contributed by atoms with Crippen LogP contribution in [-0.2, 0) is 6.54 Å². The van der Waals surface area contributed by atoms with Crippen molar-refractivity contribution in [3.05, 3.63) is 35.9 Å². The Labute approximate surface area is 308 Å². The van der Waals surface area contributed by atoms with Crippen LogP contribution in [0, 0.1) is 10.2 Å². The second-order valence-electron chi connectivity index (χ2n) is 15.1. The van der Waals surface area contributed by atoms with Gasteiger partial charge in [0, 0.05) is 5.56 Å². The highest BCUT2D eigenvalue weighted by Crippen LogP contribution is 2.23. The Kier molecular flexibility index (Phi) is 35.2. The van der Waals surface area contributed by atoms with Crippen molar-refractivity contribution in [1.29, 1.82) is 0 Å². The maximum absolute atomic E-state index is 8.49. The topological polar surface area (TPSA) is 92.2 Å². The van der Waals surface area contributed by atoms with Gasteiger partial charge in [0.2, 0.25) is 0 Å². The highest BCUT2D eigenvalue weighted by Gasteiger charge is 2.26. The number of quaternary nitrogens is 1. The summed E-state index contributed by atoms with van der Waals surface area (Å²) in [6.45, 7) is 12.4. The fourth-order valence-corrected chi connectivity index (χ4v) is 7.35. The van der Waals surface area contributed by atoms with E-state index in [-0.39, 0.29) is 0 Å². The summed E-state index contributed by atoms with van der Waals surface area (Å²) in [5, 5.41) is 0. The molecule has 0 bridgehead atoms. The smallest absolute Gasteiger partial charge is 0.104 e. The van der Waals surface area contributed by atoms with E-state index < -0.39 is 10.2 Å². The number of halogens is 1. The molecule has 0 spiro atoms. The minimum absolute atomic E-state index is 1.26. The van der Waals surface area contributed by atoms with Crippen molar-refractivity contribution in [3.63, 3.8) is 0 Å². The van der Waals surface area contributed by atoms with E-state index in [1.54, 1.807) is 5.56 Å².